The number of aliphatic hydroxyl groups is 1. The Kier molecular flexibility index (Phi) is 5.09. The topological polar surface area (TPSA) is 82.5 Å². The Balaban J connectivity index is 2.59. The Morgan fingerprint density at radius 1 is 1.35 bits per heavy atom. The summed E-state index contributed by atoms with van der Waals surface area (Å²) in [5.74, 6) is 10.5. The fourth-order valence-corrected chi connectivity index (χ4v) is 0.938. The first-order valence-electron chi connectivity index (χ1n) is 4.74. The molecule has 1 heterocycles. The zero-order valence-corrected chi connectivity index (χ0v) is 8.90. The molecule has 1 aromatic heterocycles. The number of carboxylic acid groups (broad SMARTS) is 1. The van der Waals surface area contributed by atoms with Gasteiger partial charge in [-0.3, -0.25) is 0 Å². The molecule has 0 bridgehead atoms. The Morgan fingerprint density at radius 3 is 2.76 bits per heavy atom. The summed E-state index contributed by atoms with van der Waals surface area (Å²) in [6, 6.07) is 3.40. The maximum absolute atomic E-state index is 10.1. The molecule has 0 atom stereocenters. The zero-order valence-electron chi connectivity index (χ0n) is 8.90. The van der Waals surface area contributed by atoms with E-state index in [1.165, 1.54) is 6.20 Å². The van der Waals surface area contributed by atoms with Crippen LogP contribution in [0.4, 0.5) is 4.79 Å². The molecule has 0 spiro atoms. The number of hydrogen-bond donors (Lipinski definition) is 3. The molecule has 3 N–H and O–H groups in total. The van der Waals surface area contributed by atoms with Gasteiger partial charge in [-0.2, -0.15) is 0 Å². The predicted octanol–water partition coefficient (Wildman–Crippen LogP) is 0.0445. The van der Waals surface area contributed by atoms with Crippen LogP contribution in [0.15, 0.2) is 18.3 Å². The normalized spacial score (nSPS) is 8.29. The van der Waals surface area contributed by atoms with E-state index in [2.05, 4.69) is 34.0 Å². The number of nitrogens with one attached hydrogen (secondary N) is 1. The number of aromatic nitrogens is 1. The molecule has 0 aromatic carbocycles. The van der Waals surface area contributed by atoms with E-state index in [0.717, 1.165) is 0 Å². The summed E-state index contributed by atoms with van der Waals surface area (Å²) >= 11 is 0. The quantitative estimate of drug-likeness (QED) is 0.595. The highest BCUT2D eigenvalue weighted by atomic mass is 16.4. The van der Waals surface area contributed by atoms with Crippen LogP contribution in [-0.4, -0.2) is 34.4 Å². The average molecular weight is 230 g/mol. The molecule has 0 saturated carbocycles. The van der Waals surface area contributed by atoms with Crippen molar-refractivity contribution in [1.29, 1.82) is 0 Å². The molecule has 1 amide bonds. The lowest BCUT2D eigenvalue weighted by Crippen LogP contribution is -2.20. The smallest absolute Gasteiger partial charge is 0.405 e. The molecule has 5 heteroatoms. The summed E-state index contributed by atoms with van der Waals surface area (Å²) in [7, 11) is 0. The van der Waals surface area contributed by atoms with Gasteiger partial charge in [0, 0.05) is 11.8 Å². The first-order valence-corrected chi connectivity index (χ1v) is 4.74. The van der Waals surface area contributed by atoms with Gasteiger partial charge in [0.15, 0.2) is 0 Å². The lowest BCUT2D eigenvalue weighted by Gasteiger charge is -1.92. The number of pyridine rings is 1. The zero-order chi connectivity index (χ0) is 12.5. The predicted molar refractivity (Wildman–Crippen MR) is 61.1 cm³/mol. The van der Waals surface area contributed by atoms with E-state index in [4.69, 9.17) is 10.2 Å². The number of amides is 1. The van der Waals surface area contributed by atoms with Gasteiger partial charge in [0.2, 0.25) is 0 Å². The molecule has 0 unspecified atom stereocenters. The number of aliphatic hydroxyl groups excluding tert-OH is 1. The molecule has 0 radical (unpaired) electrons. The lowest BCUT2D eigenvalue weighted by molar-refractivity contribution is 0.196. The van der Waals surface area contributed by atoms with Gasteiger partial charge in [0.25, 0.3) is 0 Å². The first kappa shape index (κ1) is 12.6. The van der Waals surface area contributed by atoms with Crippen molar-refractivity contribution in [3.63, 3.8) is 0 Å². The molecule has 17 heavy (non-hydrogen) atoms. The van der Waals surface area contributed by atoms with Crippen LogP contribution in [0, 0.1) is 23.7 Å². The number of rotatable bonds is 1. The monoisotopic (exact) mass is 230 g/mol. The minimum atomic E-state index is -1.10. The highest BCUT2D eigenvalue weighted by Crippen LogP contribution is 1.96. The summed E-state index contributed by atoms with van der Waals surface area (Å²) in [4.78, 5) is 14.1. The van der Waals surface area contributed by atoms with E-state index in [1.54, 1.807) is 12.1 Å². The number of hydrogen-bond acceptors (Lipinski definition) is 3. The van der Waals surface area contributed by atoms with E-state index >= 15 is 0 Å². The van der Waals surface area contributed by atoms with Gasteiger partial charge in [-0.05, 0) is 18.1 Å². The van der Waals surface area contributed by atoms with E-state index in [-0.39, 0.29) is 13.2 Å². The molecule has 0 aliphatic rings. The van der Waals surface area contributed by atoms with Crippen LogP contribution >= 0.6 is 0 Å². The molecular formula is C12H10N2O3. The van der Waals surface area contributed by atoms with Crippen molar-refractivity contribution in [2.24, 2.45) is 0 Å². The Morgan fingerprint density at radius 2 is 2.18 bits per heavy atom. The van der Waals surface area contributed by atoms with Crippen molar-refractivity contribution in [2.75, 3.05) is 13.2 Å². The molecule has 0 aliphatic heterocycles. The molecule has 0 aliphatic carbocycles. The lowest BCUT2D eigenvalue weighted by atomic mass is 10.2. The van der Waals surface area contributed by atoms with Gasteiger partial charge in [-0.25, -0.2) is 9.78 Å². The van der Waals surface area contributed by atoms with Gasteiger partial charge in [-0.1, -0.05) is 17.8 Å². The SMILES string of the molecule is O=C(O)NCC#Cc1ccc(C#CCO)nc1. The van der Waals surface area contributed by atoms with Crippen LogP contribution < -0.4 is 5.32 Å². The minimum absolute atomic E-state index is 0.0708. The van der Waals surface area contributed by atoms with Crippen molar-refractivity contribution in [1.82, 2.24) is 10.3 Å². The van der Waals surface area contributed by atoms with Crippen molar-refractivity contribution in [3.8, 4) is 23.7 Å². The van der Waals surface area contributed by atoms with E-state index < -0.39 is 6.09 Å². The molecule has 86 valence electrons. The van der Waals surface area contributed by atoms with Gasteiger partial charge < -0.3 is 15.5 Å². The number of carbonyl (C=O) groups is 1. The first-order chi connectivity index (χ1) is 8.22. The second-order valence-electron chi connectivity index (χ2n) is 2.85. The van der Waals surface area contributed by atoms with Crippen LogP contribution in [0.25, 0.3) is 0 Å². The Labute approximate surface area is 98.5 Å². The average Bonchev–Trinajstić information content (AvgIpc) is 2.33. The standard InChI is InChI=1S/C12H10N2O3/c15-8-2-4-11-6-5-10(9-14-11)3-1-7-13-12(16)17/h5-6,9,13,15H,7-8H2,(H,16,17). The summed E-state index contributed by atoms with van der Waals surface area (Å²) < 4.78 is 0. The van der Waals surface area contributed by atoms with E-state index in [9.17, 15) is 4.79 Å². The highest BCUT2D eigenvalue weighted by molar-refractivity contribution is 5.64. The summed E-state index contributed by atoms with van der Waals surface area (Å²) in [5.41, 5.74) is 1.22. The van der Waals surface area contributed by atoms with E-state index in [0.29, 0.717) is 11.3 Å². The minimum Gasteiger partial charge on any atom is -0.465 e. The van der Waals surface area contributed by atoms with Crippen LogP contribution in [0.5, 0.6) is 0 Å². The van der Waals surface area contributed by atoms with Crippen molar-refractivity contribution >= 4 is 6.09 Å². The van der Waals surface area contributed by atoms with E-state index in [1.807, 2.05) is 0 Å². The van der Waals surface area contributed by atoms with Crippen LogP contribution in [0.1, 0.15) is 11.3 Å². The maximum Gasteiger partial charge on any atom is 0.405 e. The highest BCUT2D eigenvalue weighted by Gasteiger charge is 1.90. The molecule has 0 fully saturated rings. The second-order valence-corrected chi connectivity index (χ2v) is 2.85. The van der Waals surface area contributed by atoms with Gasteiger partial charge in [0.1, 0.15) is 12.3 Å². The van der Waals surface area contributed by atoms with Crippen molar-refractivity contribution in [3.05, 3.63) is 29.6 Å². The Hall–Kier alpha value is -2.50. The summed E-state index contributed by atoms with van der Waals surface area (Å²) in [6.07, 6.45) is 0.432. The molecule has 0 saturated heterocycles. The van der Waals surface area contributed by atoms with Crippen LogP contribution in [0.3, 0.4) is 0 Å². The molecular weight excluding hydrogens is 220 g/mol. The molecule has 5 nitrogen and oxygen atoms in total. The van der Waals surface area contributed by atoms with Gasteiger partial charge >= 0.3 is 6.09 Å². The molecule has 1 rings (SSSR count). The Bertz CT molecular complexity index is 501. The van der Waals surface area contributed by atoms with Crippen molar-refractivity contribution in [2.45, 2.75) is 0 Å². The molecule has 1 aromatic rings. The van der Waals surface area contributed by atoms with Crippen molar-refractivity contribution < 1.29 is 15.0 Å². The largest absolute Gasteiger partial charge is 0.465 e. The number of nitrogens with zero attached hydrogens (tertiary/aromatic N) is 1. The summed E-state index contributed by atoms with van der Waals surface area (Å²) in [6.45, 7) is -0.133. The third-order valence-electron chi connectivity index (χ3n) is 1.62. The van der Waals surface area contributed by atoms with Gasteiger partial charge in [0.05, 0.1) is 6.54 Å². The fourth-order valence-electron chi connectivity index (χ4n) is 0.938. The third kappa shape index (κ3) is 5.22. The second kappa shape index (κ2) is 6.89. The summed E-state index contributed by atoms with van der Waals surface area (Å²) in [5, 5.41) is 18.9. The van der Waals surface area contributed by atoms with Crippen LogP contribution in [-0.2, 0) is 0 Å². The third-order valence-corrected chi connectivity index (χ3v) is 1.62. The van der Waals surface area contributed by atoms with Crippen LogP contribution in [0.2, 0.25) is 0 Å². The van der Waals surface area contributed by atoms with Gasteiger partial charge in [-0.15, -0.1) is 0 Å². The maximum atomic E-state index is 10.1. The fraction of sp³-hybridized carbons (Fsp3) is 0.167.